The number of hydrogen-bond acceptors (Lipinski definition) is 3. The highest BCUT2D eigenvalue weighted by Gasteiger charge is 2.13. The van der Waals surface area contributed by atoms with Gasteiger partial charge < -0.3 is 15.5 Å². The van der Waals surface area contributed by atoms with Crippen LogP contribution < -0.4 is 10.6 Å². The number of carbonyl (C=O) groups excluding carboxylic acids is 1. The average molecular weight is 291 g/mol. The molecule has 118 valence electrons. The van der Waals surface area contributed by atoms with Gasteiger partial charge in [0, 0.05) is 23.8 Å². The van der Waals surface area contributed by atoms with Gasteiger partial charge in [0.25, 0.3) is 0 Å². The molecule has 0 unspecified atom stereocenters. The summed E-state index contributed by atoms with van der Waals surface area (Å²) < 4.78 is 0. The average Bonchev–Trinajstić information content (AvgIpc) is 2.46. The van der Waals surface area contributed by atoms with Gasteiger partial charge in [0.2, 0.25) is 5.91 Å². The Bertz CT molecular complexity index is 411. The van der Waals surface area contributed by atoms with Crippen LogP contribution in [0.4, 0.5) is 11.4 Å². The van der Waals surface area contributed by atoms with E-state index in [4.69, 9.17) is 0 Å². The Morgan fingerprint density at radius 1 is 1.10 bits per heavy atom. The van der Waals surface area contributed by atoms with Crippen molar-refractivity contribution in [2.24, 2.45) is 5.92 Å². The number of nitrogens with zero attached hydrogens (tertiary/aromatic N) is 1. The number of nitrogens with one attached hydrogen (secondary N) is 2. The highest BCUT2D eigenvalue weighted by atomic mass is 16.1. The number of anilines is 2. The lowest BCUT2D eigenvalue weighted by molar-refractivity contribution is -0.120. The zero-order valence-corrected chi connectivity index (χ0v) is 13.8. The van der Waals surface area contributed by atoms with Crippen LogP contribution in [0.15, 0.2) is 24.3 Å². The van der Waals surface area contributed by atoms with Crippen molar-refractivity contribution < 1.29 is 4.79 Å². The van der Waals surface area contributed by atoms with Crippen LogP contribution in [0, 0.1) is 5.92 Å². The van der Waals surface area contributed by atoms with E-state index >= 15 is 0 Å². The van der Waals surface area contributed by atoms with Gasteiger partial charge in [-0.25, -0.2) is 0 Å². The smallest absolute Gasteiger partial charge is 0.227 e. The molecule has 0 saturated carbocycles. The summed E-state index contributed by atoms with van der Waals surface area (Å²) in [6.45, 7) is 6.14. The second-order valence-electron chi connectivity index (χ2n) is 5.66. The second kappa shape index (κ2) is 9.40. The van der Waals surface area contributed by atoms with E-state index in [9.17, 15) is 4.79 Å². The van der Waals surface area contributed by atoms with E-state index in [1.165, 1.54) is 0 Å². The van der Waals surface area contributed by atoms with Gasteiger partial charge in [-0.15, -0.1) is 0 Å². The van der Waals surface area contributed by atoms with Crippen molar-refractivity contribution in [1.82, 2.24) is 4.90 Å². The third-order valence-electron chi connectivity index (χ3n) is 3.62. The SMILES string of the molecule is CCC(CC)C(=O)Nc1ccc(NCCCN(C)C)cc1. The third kappa shape index (κ3) is 6.63. The van der Waals surface area contributed by atoms with Crippen molar-refractivity contribution in [1.29, 1.82) is 0 Å². The Balaban J connectivity index is 2.41. The van der Waals surface area contributed by atoms with E-state index in [0.29, 0.717) is 0 Å². The molecule has 1 rings (SSSR count). The van der Waals surface area contributed by atoms with Crippen LogP contribution >= 0.6 is 0 Å². The number of hydrogen-bond donors (Lipinski definition) is 2. The van der Waals surface area contributed by atoms with Gasteiger partial charge in [-0.1, -0.05) is 13.8 Å². The molecule has 0 atom stereocenters. The fourth-order valence-corrected chi connectivity index (χ4v) is 2.20. The molecule has 4 heteroatoms. The van der Waals surface area contributed by atoms with Crippen LogP contribution in [0.2, 0.25) is 0 Å². The normalized spacial score (nSPS) is 11.0. The van der Waals surface area contributed by atoms with Gasteiger partial charge in [-0.05, 0) is 64.2 Å². The lowest BCUT2D eigenvalue weighted by Crippen LogP contribution is -2.21. The van der Waals surface area contributed by atoms with Gasteiger partial charge >= 0.3 is 0 Å². The van der Waals surface area contributed by atoms with Gasteiger partial charge in [0.1, 0.15) is 0 Å². The van der Waals surface area contributed by atoms with E-state index in [1.807, 2.05) is 24.3 Å². The number of rotatable bonds is 9. The Morgan fingerprint density at radius 3 is 2.19 bits per heavy atom. The summed E-state index contributed by atoms with van der Waals surface area (Å²) in [5.41, 5.74) is 1.96. The zero-order chi connectivity index (χ0) is 15.7. The van der Waals surface area contributed by atoms with E-state index in [-0.39, 0.29) is 11.8 Å². The third-order valence-corrected chi connectivity index (χ3v) is 3.62. The second-order valence-corrected chi connectivity index (χ2v) is 5.66. The molecule has 0 fully saturated rings. The van der Waals surface area contributed by atoms with Crippen molar-refractivity contribution in [2.75, 3.05) is 37.8 Å². The minimum absolute atomic E-state index is 0.105. The van der Waals surface area contributed by atoms with Crippen molar-refractivity contribution in [3.63, 3.8) is 0 Å². The Kier molecular flexibility index (Phi) is 7.83. The van der Waals surface area contributed by atoms with E-state index < -0.39 is 0 Å². The van der Waals surface area contributed by atoms with Crippen LogP contribution in [-0.2, 0) is 4.79 Å². The summed E-state index contributed by atoms with van der Waals surface area (Å²) in [6.07, 6.45) is 2.88. The molecular formula is C17H29N3O. The molecule has 1 aromatic carbocycles. The summed E-state index contributed by atoms with van der Waals surface area (Å²) in [5, 5.41) is 6.37. The minimum atomic E-state index is 0.105. The van der Waals surface area contributed by atoms with Crippen LogP contribution in [0.1, 0.15) is 33.1 Å². The van der Waals surface area contributed by atoms with Gasteiger partial charge in [0.05, 0.1) is 0 Å². The number of carbonyl (C=O) groups is 1. The maximum atomic E-state index is 12.0. The summed E-state index contributed by atoms with van der Waals surface area (Å²) in [7, 11) is 4.16. The standard InChI is InChI=1S/C17H29N3O/c1-5-14(6-2)17(21)19-16-10-8-15(9-11-16)18-12-7-13-20(3)4/h8-11,14,18H,5-7,12-13H2,1-4H3,(H,19,21). The quantitative estimate of drug-likeness (QED) is 0.685. The van der Waals surface area contributed by atoms with Crippen molar-refractivity contribution in [3.8, 4) is 0 Å². The summed E-state index contributed by atoms with van der Waals surface area (Å²) in [5.74, 6) is 0.223. The first kappa shape index (κ1) is 17.5. The molecule has 21 heavy (non-hydrogen) atoms. The molecular weight excluding hydrogens is 262 g/mol. The van der Waals surface area contributed by atoms with Crippen LogP contribution in [0.5, 0.6) is 0 Å². The highest BCUT2D eigenvalue weighted by molar-refractivity contribution is 5.92. The predicted molar refractivity (Wildman–Crippen MR) is 90.8 cm³/mol. The van der Waals surface area contributed by atoms with Gasteiger partial charge in [-0.2, -0.15) is 0 Å². The van der Waals surface area contributed by atoms with Crippen LogP contribution in [-0.4, -0.2) is 38.0 Å². The van der Waals surface area contributed by atoms with Crippen LogP contribution in [0.3, 0.4) is 0 Å². The van der Waals surface area contributed by atoms with Gasteiger partial charge in [0.15, 0.2) is 0 Å². The molecule has 0 saturated heterocycles. The van der Waals surface area contributed by atoms with Crippen molar-refractivity contribution in [3.05, 3.63) is 24.3 Å². The maximum Gasteiger partial charge on any atom is 0.227 e. The molecule has 1 aromatic rings. The first-order valence-electron chi connectivity index (χ1n) is 7.86. The van der Waals surface area contributed by atoms with E-state index in [2.05, 4.69) is 43.5 Å². The molecule has 0 heterocycles. The minimum Gasteiger partial charge on any atom is -0.385 e. The summed E-state index contributed by atoms with van der Waals surface area (Å²) >= 11 is 0. The first-order chi connectivity index (χ1) is 10.1. The lowest BCUT2D eigenvalue weighted by Gasteiger charge is -2.14. The summed E-state index contributed by atoms with van der Waals surface area (Å²) in [4.78, 5) is 14.2. The number of amides is 1. The molecule has 4 nitrogen and oxygen atoms in total. The molecule has 0 spiro atoms. The fraction of sp³-hybridized carbons (Fsp3) is 0.588. The van der Waals surface area contributed by atoms with Crippen LogP contribution in [0.25, 0.3) is 0 Å². The zero-order valence-electron chi connectivity index (χ0n) is 13.8. The van der Waals surface area contributed by atoms with E-state index in [1.54, 1.807) is 0 Å². The maximum absolute atomic E-state index is 12.0. The molecule has 1 amide bonds. The predicted octanol–water partition coefficient (Wildman–Crippen LogP) is 3.42. The molecule has 0 aliphatic carbocycles. The monoisotopic (exact) mass is 291 g/mol. The van der Waals surface area contributed by atoms with Crippen molar-refractivity contribution in [2.45, 2.75) is 33.1 Å². The molecule has 0 aliphatic rings. The largest absolute Gasteiger partial charge is 0.385 e. The molecule has 0 radical (unpaired) electrons. The van der Waals surface area contributed by atoms with Gasteiger partial charge in [-0.3, -0.25) is 4.79 Å². The molecule has 0 aliphatic heterocycles. The van der Waals surface area contributed by atoms with Crippen molar-refractivity contribution >= 4 is 17.3 Å². The topological polar surface area (TPSA) is 44.4 Å². The number of benzene rings is 1. The lowest BCUT2D eigenvalue weighted by atomic mass is 10.0. The Labute approximate surface area is 128 Å². The molecule has 0 aromatic heterocycles. The first-order valence-corrected chi connectivity index (χ1v) is 7.86. The highest BCUT2D eigenvalue weighted by Crippen LogP contribution is 2.16. The van der Waals surface area contributed by atoms with E-state index in [0.717, 1.165) is 43.7 Å². The molecule has 2 N–H and O–H groups in total. The Morgan fingerprint density at radius 2 is 1.67 bits per heavy atom. The fourth-order valence-electron chi connectivity index (χ4n) is 2.20. The Hall–Kier alpha value is -1.55. The molecule has 0 bridgehead atoms. The summed E-state index contributed by atoms with van der Waals surface area (Å²) in [6, 6.07) is 7.93.